The molecule has 0 saturated carbocycles. The van der Waals surface area contributed by atoms with Crippen LogP contribution in [0.15, 0.2) is 29.9 Å². The van der Waals surface area contributed by atoms with Crippen molar-refractivity contribution in [3.8, 4) is 0 Å². The average Bonchev–Trinajstić information content (AvgIpc) is 2.94. The molecule has 1 N–H and O–H groups in total. The molecule has 0 spiro atoms. The first-order valence-corrected chi connectivity index (χ1v) is 8.43. The Hall–Kier alpha value is -1.79. The predicted octanol–water partition coefficient (Wildman–Crippen LogP) is 2.66. The van der Waals surface area contributed by atoms with E-state index in [4.69, 9.17) is 0 Å². The van der Waals surface area contributed by atoms with Gasteiger partial charge in [-0.3, -0.25) is 14.7 Å². The van der Waals surface area contributed by atoms with Crippen LogP contribution in [0.1, 0.15) is 30.0 Å². The van der Waals surface area contributed by atoms with Gasteiger partial charge in [-0.1, -0.05) is 0 Å². The van der Waals surface area contributed by atoms with Gasteiger partial charge in [-0.05, 0) is 56.5 Å². The van der Waals surface area contributed by atoms with E-state index in [1.165, 1.54) is 16.9 Å². The van der Waals surface area contributed by atoms with E-state index in [0.717, 1.165) is 31.6 Å². The molecule has 0 radical (unpaired) electrons. The van der Waals surface area contributed by atoms with Gasteiger partial charge in [0.25, 0.3) is 0 Å². The number of piperidine rings is 1. The Bertz CT molecular complexity index is 620. The maximum atomic E-state index is 12.0. The van der Waals surface area contributed by atoms with Gasteiger partial charge in [0.1, 0.15) is 0 Å². The van der Waals surface area contributed by atoms with E-state index in [2.05, 4.69) is 32.3 Å². The minimum atomic E-state index is 0.0247. The molecule has 0 atom stereocenters. The number of carbonyl (C=O) groups excluding carboxylic acids is 1. The van der Waals surface area contributed by atoms with Crippen LogP contribution in [0.5, 0.6) is 0 Å². The number of likely N-dealkylation sites (tertiary alicyclic amines) is 1. The summed E-state index contributed by atoms with van der Waals surface area (Å²) >= 11 is 1.47. The van der Waals surface area contributed by atoms with E-state index in [9.17, 15) is 4.79 Å². The van der Waals surface area contributed by atoms with Gasteiger partial charge in [-0.25, -0.2) is 4.98 Å². The highest BCUT2D eigenvalue weighted by atomic mass is 32.1. The van der Waals surface area contributed by atoms with Gasteiger partial charge in [0.2, 0.25) is 5.91 Å². The van der Waals surface area contributed by atoms with Crippen LogP contribution in [0.3, 0.4) is 0 Å². The summed E-state index contributed by atoms with van der Waals surface area (Å²) in [6.45, 7) is 4.28. The molecular weight excluding hydrogens is 296 g/mol. The number of nitrogens with zero attached hydrogens (tertiary/aromatic N) is 3. The molecule has 3 heterocycles. The fraction of sp³-hybridized carbons (Fsp3) is 0.438. The molecule has 1 aliphatic heterocycles. The van der Waals surface area contributed by atoms with Crippen molar-refractivity contribution in [1.29, 1.82) is 0 Å². The van der Waals surface area contributed by atoms with Gasteiger partial charge in [-0.15, -0.1) is 11.3 Å². The summed E-state index contributed by atoms with van der Waals surface area (Å²) in [5, 5.41) is 5.50. The number of aromatic nitrogens is 2. The Kier molecular flexibility index (Phi) is 4.80. The highest BCUT2D eigenvalue weighted by Gasteiger charge is 2.22. The number of hydrogen-bond acceptors (Lipinski definition) is 5. The smallest absolute Gasteiger partial charge is 0.240 e. The molecule has 1 saturated heterocycles. The van der Waals surface area contributed by atoms with Crippen molar-refractivity contribution in [3.63, 3.8) is 0 Å². The molecule has 2 aromatic rings. The molecule has 0 unspecified atom stereocenters. The fourth-order valence-corrected chi connectivity index (χ4v) is 3.54. The van der Waals surface area contributed by atoms with E-state index in [1.807, 2.05) is 24.7 Å². The Balaban J connectivity index is 1.46. The summed E-state index contributed by atoms with van der Waals surface area (Å²) in [6, 6.07) is 4.19. The van der Waals surface area contributed by atoms with Crippen molar-refractivity contribution in [1.82, 2.24) is 14.9 Å². The summed E-state index contributed by atoms with van der Waals surface area (Å²) in [5.74, 6) is 0.612. The van der Waals surface area contributed by atoms with Crippen LogP contribution in [0.4, 0.5) is 5.13 Å². The molecular formula is C16H20N4OS. The Morgan fingerprint density at radius 1 is 1.36 bits per heavy atom. The number of nitrogens with one attached hydrogen (secondary N) is 1. The third kappa shape index (κ3) is 3.90. The Labute approximate surface area is 134 Å². The lowest BCUT2D eigenvalue weighted by molar-refractivity contribution is -0.117. The normalized spacial score (nSPS) is 16.6. The van der Waals surface area contributed by atoms with Gasteiger partial charge in [0.05, 0.1) is 12.2 Å². The van der Waals surface area contributed by atoms with Crippen molar-refractivity contribution in [3.05, 3.63) is 41.2 Å². The van der Waals surface area contributed by atoms with Crippen LogP contribution in [0.2, 0.25) is 0 Å². The quantitative estimate of drug-likeness (QED) is 0.942. The SMILES string of the molecule is Cc1csc(NC(=O)CN2CCC(c3ccncc3)CC2)n1. The van der Waals surface area contributed by atoms with Crippen LogP contribution in [0, 0.1) is 6.92 Å². The molecule has 5 nitrogen and oxygen atoms in total. The third-order valence-corrected chi connectivity index (χ3v) is 4.87. The zero-order valence-corrected chi connectivity index (χ0v) is 13.5. The Morgan fingerprint density at radius 3 is 2.73 bits per heavy atom. The van der Waals surface area contributed by atoms with Crippen molar-refractivity contribution in [2.24, 2.45) is 0 Å². The van der Waals surface area contributed by atoms with Crippen molar-refractivity contribution >= 4 is 22.4 Å². The first-order chi connectivity index (χ1) is 10.7. The van der Waals surface area contributed by atoms with E-state index < -0.39 is 0 Å². The molecule has 1 amide bonds. The number of carbonyl (C=O) groups is 1. The lowest BCUT2D eigenvalue weighted by Gasteiger charge is -2.31. The molecule has 0 aromatic carbocycles. The average molecular weight is 316 g/mol. The van der Waals surface area contributed by atoms with Crippen LogP contribution in [-0.2, 0) is 4.79 Å². The van der Waals surface area contributed by atoms with E-state index in [1.54, 1.807) is 0 Å². The van der Waals surface area contributed by atoms with E-state index in [-0.39, 0.29) is 5.91 Å². The van der Waals surface area contributed by atoms with Gasteiger partial charge >= 0.3 is 0 Å². The summed E-state index contributed by atoms with van der Waals surface area (Å²) < 4.78 is 0. The third-order valence-electron chi connectivity index (χ3n) is 4.00. The first-order valence-electron chi connectivity index (χ1n) is 7.55. The number of aryl methyl sites for hydroxylation is 1. The number of anilines is 1. The molecule has 22 heavy (non-hydrogen) atoms. The van der Waals surface area contributed by atoms with E-state index in [0.29, 0.717) is 17.6 Å². The molecule has 116 valence electrons. The van der Waals surface area contributed by atoms with Gasteiger partial charge in [-0.2, -0.15) is 0 Å². The van der Waals surface area contributed by atoms with Crippen LogP contribution in [-0.4, -0.2) is 40.4 Å². The molecule has 1 fully saturated rings. The minimum absolute atomic E-state index is 0.0247. The second-order valence-electron chi connectivity index (χ2n) is 5.67. The number of thiazole rings is 1. The zero-order chi connectivity index (χ0) is 15.4. The Morgan fingerprint density at radius 2 is 2.09 bits per heavy atom. The number of rotatable bonds is 4. The van der Waals surface area contributed by atoms with Gasteiger partial charge in [0.15, 0.2) is 5.13 Å². The van der Waals surface area contributed by atoms with Crippen molar-refractivity contribution < 1.29 is 4.79 Å². The van der Waals surface area contributed by atoms with Crippen LogP contribution < -0.4 is 5.32 Å². The summed E-state index contributed by atoms with van der Waals surface area (Å²) in [5.41, 5.74) is 2.30. The number of amides is 1. The highest BCUT2D eigenvalue weighted by Crippen LogP contribution is 2.27. The first kappa shape index (κ1) is 15.1. The molecule has 1 aliphatic rings. The molecule has 0 bridgehead atoms. The summed E-state index contributed by atoms with van der Waals surface area (Å²) in [6.07, 6.45) is 5.89. The topological polar surface area (TPSA) is 58.1 Å². The maximum absolute atomic E-state index is 12.0. The second kappa shape index (κ2) is 6.98. The van der Waals surface area contributed by atoms with Crippen LogP contribution in [0.25, 0.3) is 0 Å². The fourth-order valence-electron chi connectivity index (χ4n) is 2.83. The lowest BCUT2D eigenvalue weighted by Crippen LogP contribution is -2.38. The van der Waals surface area contributed by atoms with Gasteiger partial charge in [0, 0.05) is 17.8 Å². The molecule has 6 heteroatoms. The van der Waals surface area contributed by atoms with E-state index >= 15 is 0 Å². The molecule has 2 aromatic heterocycles. The predicted molar refractivity (Wildman–Crippen MR) is 88.1 cm³/mol. The minimum Gasteiger partial charge on any atom is -0.301 e. The molecule has 3 rings (SSSR count). The highest BCUT2D eigenvalue weighted by molar-refractivity contribution is 7.13. The zero-order valence-electron chi connectivity index (χ0n) is 12.7. The van der Waals surface area contributed by atoms with Crippen LogP contribution >= 0.6 is 11.3 Å². The maximum Gasteiger partial charge on any atom is 0.240 e. The molecule has 0 aliphatic carbocycles. The second-order valence-corrected chi connectivity index (χ2v) is 6.53. The monoisotopic (exact) mass is 316 g/mol. The summed E-state index contributed by atoms with van der Waals surface area (Å²) in [4.78, 5) is 22.6. The van der Waals surface area contributed by atoms with Crippen molar-refractivity contribution in [2.75, 3.05) is 25.0 Å². The van der Waals surface area contributed by atoms with Crippen molar-refractivity contribution in [2.45, 2.75) is 25.7 Å². The lowest BCUT2D eigenvalue weighted by atomic mass is 9.90. The van der Waals surface area contributed by atoms with Gasteiger partial charge < -0.3 is 5.32 Å². The standard InChI is InChI=1S/C16H20N4OS/c1-12-11-22-16(18-12)19-15(21)10-20-8-4-14(5-9-20)13-2-6-17-7-3-13/h2-3,6-7,11,14H,4-5,8-10H2,1H3,(H,18,19,21). The number of hydrogen-bond donors (Lipinski definition) is 1. The summed E-state index contributed by atoms with van der Waals surface area (Å²) in [7, 11) is 0. The number of pyridine rings is 1. The largest absolute Gasteiger partial charge is 0.301 e.